The van der Waals surface area contributed by atoms with E-state index in [1.54, 1.807) is 30.3 Å². The van der Waals surface area contributed by atoms with E-state index in [4.69, 9.17) is 10.2 Å². The van der Waals surface area contributed by atoms with E-state index in [9.17, 15) is 19.5 Å². The molecule has 0 radical (unpaired) electrons. The quantitative estimate of drug-likeness (QED) is 0.411. The van der Waals surface area contributed by atoms with Crippen molar-refractivity contribution >= 4 is 56.2 Å². The molecule has 1 fully saturated rings. The zero-order valence-electron chi connectivity index (χ0n) is 19.8. The van der Waals surface area contributed by atoms with Crippen LogP contribution in [0, 0.1) is 0 Å². The molecule has 3 amide bonds. The Balaban J connectivity index is 1.51. The molecule has 0 unspecified atom stereocenters. The van der Waals surface area contributed by atoms with E-state index >= 15 is 0 Å². The second kappa shape index (κ2) is 9.01. The van der Waals surface area contributed by atoms with Gasteiger partial charge in [0.25, 0.3) is 11.8 Å². The SMILES string of the molecule is CC(C)(C)[N+]1(C(=O)O)CCN(c2ccc(C(=O)Nc3c(C(N)=O)oc4ccc(Br)cc34)cc2)CC1. The molecule has 1 aromatic heterocycles. The number of hydrogen-bond acceptors (Lipinski definition) is 5. The van der Waals surface area contributed by atoms with Crippen molar-refractivity contribution in [2.24, 2.45) is 5.73 Å². The molecule has 10 heteroatoms. The van der Waals surface area contributed by atoms with Crippen LogP contribution >= 0.6 is 15.9 Å². The summed E-state index contributed by atoms with van der Waals surface area (Å²) in [5.74, 6) is -1.30. The Morgan fingerprint density at radius 2 is 1.71 bits per heavy atom. The number of nitrogens with one attached hydrogen (secondary N) is 1. The number of quaternary nitrogens is 1. The van der Waals surface area contributed by atoms with Gasteiger partial charge in [0.2, 0.25) is 5.76 Å². The van der Waals surface area contributed by atoms with Crippen LogP contribution in [0.25, 0.3) is 11.0 Å². The summed E-state index contributed by atoms with van der Waals surface area (Å²) in [6, 6.07) is 12.3. The van der Waals surface area contributed by atoms with Crippen LogP contribution < -0.4 is 16.0 Å². The summed E-state index contributed by atoms with van der Waals surface area (Å²) in [6.45, 7) is 8.02. The van der Waals surface area contributed by atoms with Gasteiger partial charge in [-0.05, 0) is 63.2 Å². The van der Waals surface area contributed by atoms with Gasteiger partial charge in [0, 0.05) is 21.1 Å². The highest BCUT2D eigenvalue weighted by Gasteiger charge is 2.49. The van der Waals surface area contributed by atoms with Crippen molar-refractivity contribution < 1.29 is 28.4 Å². The molecule has 184 valence electrons. The first-order valence-electron chi connectivity index (χ1n) is 11.2. The largest absolute Gasteiger partial charge is 0.514 e. The number of furan rings is 1. The van der Waals surface area contributed by atoms with E-state index in [-0.39, 0.29) is 15.9 Å². The molecule has 0 saturated carbocycles. The number of primary amides is 1. The zero-order valence-corrected chi connectivity index (χ0v) is 21.4. The number of hydrogen-bond donors (Lipinski definition) is 3. The topological polar surface area (TPSA) is 126 Å². The maximum atomic E-state index is 13.0. The number of fused-ring (bicyclic) bond motifs is 1. The number of amides is 3. The summed E-state index contributed by atoms with van der Waals surface area (Å²) in [5, 5.41) is 13.2. The Labute approximate surface area is 211 Å². The Bertz CT molecular complexity index is 1300. The highest BCUT2D eigenvalue weighted by molar-refractivity contribution is 9.10. The standard InChI is InChI=1S/C25H27BrN4O5/c1-25(2,3)30(24(33)34)12-10-29(11-13-30)17-7-4-15(5-8-17)23(32)28-20-18-14-16(26)6-9-19(18)35-21(20)22(27)31/h4-9,14H,10-13H2,1-3H3,(H3-,27,28,31,32,33,34)/p+1. The molecule has 0 bridgehead atoms. The van der Waals surface area contributed by atoms with Crippen LogP contribution in [0.2, 0.25) is 0 Å². The van der Waals surface area contributed by atoms with Gasteiger partial charge < -0.3 is 25.5 Å². The van der Waals surface area contributed by atoms with Gasteiger partial charge in [-0.1, -0.05) is 15.9 Å². The van der Waals surface area contributed by atoms with Gasteiger partial charge in [0.15, 0.2) is 0 Å². The van der Waals surface area contributed by atoms with Gasteiger partial charge >= 0.3 is 6.09 Å². The summed E-state index contributed by atoms with van der Waals surface area (Å²) in [4.78, 5) is 39.0. The van der Waals surface area contributed by atoms with Crippen LogP contribution in [-0.4, -0.2) is 59.2 Å². The Kier molecular flexibility index (Phi) is 6.37. The summed E-state index contributed by atoms with van der Waals surface area (Å²) in [6.07, 6.45) is -0.807. The molecule has 1 aliphatic heterocycles. The summed E-state index contributed by atoms with van der Waals surface area (Å²) in [5.41, 5.74) is 7.02. The molecule has 4 N–H and O–H groups in total. The lowest BCUT2D eigenvalue weighted by Gasteiger charge is -2.48. The van der Waals surface area contributed by atoms with Gasteiger partial charge in [0.05, 0.1) is 13.1 Å². The number of carbonyl (C=O) groups excluding carboxylic acids is 2. The van der Waals surface area contributed by atoms with Crippen molar-refractivity contribution in [2.45, 2.75) is 26.3 Å². The lowest BCUT2D eigenvalue weighted by atomic mass is 10.00. The molecule has 0 spiro atoms. The normalized spacial score (nSPS) is 15.7. The fraction of sp³-hybridized carbons (Fsp3) is 0.320. The van der Waals surface area contributed by atoms with Crippen molar-refractivity contribution in [2.75, 3.05) is 36.4 Å². The third kappa shape index (κ3) is 4.51. The maximum absolute atomic E-state index is 13.0. The zero-order chi connectivity index (χ0) is 25.5. The van der Waals surface area contributed by atoms with Crippen molar-refractivity contribution in [3.05, 3.63) is 58.3 Å². The molecule has 35 heavy (non-hydrogen) atoms. The average Bonchev–Trinajstić information content (AvgIpc) is 3.16. The van der Waals surface area contributed by atoms with Gasteiger partial charge in [-0.25, -0.2) is 4.48 Å². The summed E-state index contributed by atoms with van der Waals surface area (Å²) >= 11 is 3.39. The predicted molar refractivity (Wildman–Crippen MR) is 137 cm³/mol. The van der Waals surface area contributed by atoms with Crippen molar-refractivity contribution in [3.8, 4) is 0 Å². The fourth-order valence-electron chi connectivity index (χ4n) is 4.59. The third-order valence-corrected chi connectivity index (χ3v) is 7.25. The highest BCUT2D eigenvalue weighted by atomic mass is 79.9. The number of halogens is 1. The lowest BCUT2D eigenvalue weighted by Crippen LogP contribution is -2.69. The number of benzene rings is 2. The number of carboxylic acid groups (broad SMARTS) is 1. The van der Waals surface area contributed by atoms with E-state index in [0.717, 1.165) is 10.2 Å². The smallest absolute Gasteiger partial charge is 0.449 e. The number of rotatable bonds is 4. The molecule has 1 aliphatic rings. The van der Waals surface area contributed by atoms with Gasteiger partial charge in [-0.15, -0.1) is 0 Å². The Hall–Kier alpha value is -3.37. The second-order valence-corrected chi connectivity index (χ2v) is 10.6. The van der Waals surface area contributed by atoms with Crippen LogP contribution in [0.3, 0.4) is 0 Å². The third-order valence-electron chi connectivity index (χ3n) is 6.76. The van der Waals surface area contributed by atoms with E-state index in [0.29, 0.717) is 42.7 Å². The minimum atomic E-state index is -0.807. The molecule has 2 heterocycles. The molecule has 1 saturated heterocycles. The first kappa shape index (κ1) is 24.7. The average molecular weight is 544 g/mol. The molecular weight excluding hydrogens is 516 g/mol. The molecule has 2 aromatic carbocycles. The number of nitrogens with zero attached hydrogens (tertiary/aromatic N) is 2. The minimum Gasteiger partial charge on any atom is -0.449 e. The monoisotopic (exact) mass is 543 g/mol. The molecule has 0 aliphatic carbocycles. The number of anilines is 2. The van der Waals surface area contributed by atoms with E-state index in [2.05, 4.69) is 26.1 Å². The Morgan fingerprint density at radius 1 is 1.09 bits per heavy atom. The van der Waals surface area contributed by atoms with Crippen molar-refractivity contribution in [1.82, 2.24) is 0 Å². The predicted octanol–water partition coefficient (Wildman–Crippen LogP) is 4.66. The second-order valence-electron chi connectivity index (χ2n) is 9.67. The number of carbonyl (C=O) groups is 3. The Morgan fingerprint density at radius 3 is 2.26 bits per heavy atom. The van der Waals surface area contributed by atoms with E-state index in [1.807, 2.05) is 32.9 Å². The van der Waals surface area contributed by atoms with E-state index in [1.165, 1.54) is 0 Å². The van der Waals surface area contributed by atoms with Crippen LogP contribution in [0.1, 0.15) is 41.7 Å². The number of nitrogens with two attached hydrogens (primary N) is 1. The van der Waals surface area contributed by atoms with Gasteiger partial charge in [0.1, 0.15) is 29.9 Å². The fourth-order valence-corrected chi connectivity index (χ4v) is 4.95. The minimum absolute atomic E-state index is 0.0148. The summed E-state index contributed by atoms with van der Waals surface area (Å²) < 4.78 is 6.33. The van der Waals surface area contributed by atoms with Crippen molar-refractivity contribution in [3.63, 3.8) is 0 Å². The maximum Gasteiger partial charge on any atom is 0.514 e. The highest BCUT2D eigenvalue weighted by Crippen LogP contribution is 2.34. The van der Waals surface area contributed by atoms with Crippen LogP contribution in [0.5, 0.6) is 0 Å². The first-order valence-corrected chi connectivity index (χ1v) is 12.0. The van der Waals surface area contributed by atoms with E-state index < -0.39 is 23.4 Å². The van der Waals surface area contributed by atoms with Crippen LogP contribution in [-0.2, 0) is 0 Å². The van der Waals surface area contributed by atoms with Crippen molar-refractivity contribution in [1.29, 1.82) is 0 Å². The number of piperazine rings is 1. The summed E-state index contributed by atoms with van der Waals surface area (Å²) in [7, 11) is 0. The molecule has 0 atom stereocenters. The molecule has 4 rings (SSSR count). The molecule has 9 nitrogen and oxygen atoms in total. The molecular formula is C25H28BrN4O5+. The lowest BCUT2D eigenvalue weighted by molar-refractivity contribution is -0.903. The first-order chi connectivity index (χ1) is 16.4. The van der Waals surface area contributed by atoms with Crippen LogP contribution in [0.4, 0.5) is 16.2 Å². The van der Waals surface area contributed by atoms with Gasteiger partial charge in [-0.3, -0.25) is 9.59 Å². The molecule has 3 aromatic rings. The van der Waals surface area contributed by atoms with Crippen LogP contribution in [0.15, 0.2) is 51.4 Å². The van der Waals surface area contributed by atoms with Gasteiger partial charge in [-0.2, -0.15) is 4.79 Å².